The van der Waals surface area contributed by atoms with Gasteiger partial charge in [0.1, 0.15) is 0 Å². The molecule has 0 atom stereocenters. The molecule has 0 radical (unpaired) electrons. The van der Waals surface area contributed by atoms with E-state index < -0.39 is 5.79 Å². The van der Waals surface area contributed by atoms with E-state index in [2.05, 4.69) is 0 Å². The van der Waals surface area contributed by atoms with E-state index in [1.54, 1.807) is 4.90 Å². The third kappa shape index (κ3) is 2.47. The molecule has 0 aromatic rings. The molecule has 0 aromatic carbocycles. The Kier molecular flexibility index (Phi) is 3.66. The number of carbonyl (C=O) groups excluding carboxylic acids is 1. The molecule has 0 aromatic heterocycles. The van der Waals surface area contributed by atoms with E-state index in [0.717, 1.165) is 32.5 Å². The van der Waals surface area contributed by atoms with Crippen LogP contribution < -0.4 is 0 Å². The molecule has 2 aliphatic rings. The van der Waals surface area contributed by atoms with Crippen molar-refractivity contribution in [2.75, 3.05) is 32.9 Å². The van der Waals surface area contributed by atoms with Gasteiger partial charge < -0.3 is 19.1 Å². The van der Waals surface area contributed by atoms with Gasteiger partial charge in [0, 0.05) is 25.9 Å². The molecule has 16 heavy (non-hydrogen) atoms. The number of piperidine rings is 1. The lowest BCUT2D eigenvalue weighted by Gasteiger charge is -2.42. The largest absolute Gasteiger partial charge is 0.450 e. The van der Waals surface area contributed by atoms with E-state index in [-0.39, 0.29) is 6.09 Å². The lowest BCUT2D eigenvalue weighted by Crippen LogP contribution is -2.51. The standard InChI is InChI=1S/C11H19NO4/c1-2-14-10(13)12-6-4-11(5-7-12)15-8-3-9-16-11/h2-9H2,1H3. The summed E-state index contributed by atoms with van der Waals surface area (Å²) >= 11 is 0. The number of ether oxygens (including phenoxy) is 3. The molecule has 0 bridgehead atoms. The molecule has 2 fully saturated rings. The molecule has 2 saturated heterocycles. The summed E-state index contributed by atoms with van der Waals surface area (Å²) in [6.07, 6.45) is 2.22. The van der Waals surface area contributed by atoms with Crippen molar-refractivity contribution < 1.29 is 19.0 Å². The van der Waals surface area contributed by atoms with Gasteiger partial charge in [0.15, 0.2) is 5.79 Å². The second-order valence-electron chi connectivity index (χ2n) is 4.15. The van der Waals surface area contributed by atoms with Gasteiger partial charge >= 0.3 is 6.09 Å². The van der Waals surface area contributed by atoms with Gasteiger partial charge in [-0.2, -0.15) is 0 Å². The molecule has 92 valence electrons. The minimum absolute atomic E-state index is 0.229. The zero-order chi connectivity index (χ0) is 11.4. The lowest BCUT2D eigenvalue weighted by molar-refractivity contribution is -0.282. The van der Waals surface area contributed by atoms with Crippen LogP contribution in [0.4, 0.5) is 4.79 Å². The number of hydrogen-bond donors (Lipinski definition) is 0. The van der Waals surface area contributed by atoms with Gasteiger partial charge in [-0.05, 0) is 13.3 Å². The fourth-order valence-electron chi connectivity index (χ4n) is 2.15. The third-order valence-corrected chi connectivity index (χ3v) is 3.07. The Balaban J connectivity index is 1.83. The molecule has 1 amide bonds. The molecular formula is C11H19NO4. The SMILES string of the molecule is CCOC(=O)N1CCC2(CC1)OCCCO2. The average molecular weight is 229 g/mol. The average Bonchev–Trinajstić information content (AvgIpc) is 2.31. The van der Waals surface area contributed by atoms with E-state index in [0.29, 0.717) is 19.7 Å². The molecular weight excluding hydrogens is 210 g/mol. The summed E-state index contributed by atoms with van der Waals surface area (Å²) in [5.74, 6) is -0.429. The number of nitrogens with zero attached hydrogens (tertiary/aromatic N) is 1. The van der Waals surface area contributed by atoms with Crippen LogP contribution in [0.5, 0.6) is 0 Å². The van der Waals surface area contributed by atoms with Gasteiger partial charge in [-0.15, -0.1) is 0 Å². The van der Waals surface area contributed by atoms with Crippen molar-refractivity contribution in [2.45, 2.75) is 32.0 Å². The number of amides is 1. The Morgan fingerprint density at radius 1 is 1.31 bits per heavy atom. The van der Waals surface area contributed by atoms with Crippen LogP contribution >= 0.6 is 0 Å². The Labute approximate surface area is 95.6 Å². The quantitative estimate of drug-likeness (QED) is 0.681. The van der Waals surface area contributed by atoms with Gasteiger partial charge in [0.05, 0.1) is 19.8 Å². The molecule has 0 unspecified atom stereocenters. The maximum Gasteiger partial charge on any atom is 0.409 e. The highest BCUT2D eigenvalue weighted by Gasteiger charge is 2.39. The third-order valence-electron chi connectivity index (χ3n) is 3.07. The minimum atomic E-state index is -0.429. The Morgan fingerprint density at radius 3 is 2.50 bits per heavy atom. The lowest BCUT2D eigenvalue weighted by atomic mass is 10.0. The van der Waals surface area contributed by atoms with Crippen LogP contribution in [0.15, 0.2) is 0 Å². The minimum Gasteiger partial charge on any atom is -0.450 e. The summed E-state index contributed by atoms with van der Waals surface area (Å²) < 4.78 is 16.3. The summed E-state index contributed by atoms with van der Waals surface area (Å²) in [5.41, 5.74) is 0. The first-order chi connectivity index (χ1) is 7.76. The number of carbonyl (C=O) groups is 1. The van der Waals surface area contributed by atoms with E-state index in [9.17, 15) is 4.79 Å². The first-order valence-electron chi connectivity index (χ1n) is 5.95. The summed E-state index contributed by atoms with van der Waals surface area (Å²) in [5, 5.41) is 0. The van der Waals surface area contributed by atoms with Gasteiger partial charge in [-0.25, -0.2) is 4.79 Å². The van der Waals surface area contributed by atoms with Crippen molar-refractivity contribution >= 4 is 6.09 Å². The fraction of sp³-hybridized carbons (Fsp3) is 0.909. The molecule has 2 heterocycles. The van der Waals surface area contributed by atoms with Crippen LogP contribution in [-0.2, 0) is 14.2 Å². The summed E-state index contributed by atoms with van der Waals surface area (Å²) in [6, 6.07) is 0. The molecule has 5 heteroatoms. The smallest absolute Gasteiger partial charge is 0.409 e. The maximum atomic E-state index is 11.5. The summed E-state index contributed by atoms with van der Waals surface area (Å²) in [7, 11) is 0. The van der Waals surface area contributed by atoms with Crippen molar-refractivity contribution in [3.8, 4) is 0 Å². The fourth-order valence-corrected chi connectivity index (χ4v) is 2.15. The van der Waals surface area contributed by atoms with Crippen LogP contribution in [0.25, 0.3) is 0 Å². The van der Waals surface area contributed by atoms with Gasteiger partial charge in [0.2, 0.25) is 0 Å². The first kappa shape index (κ1) is 11.7. The zero-order valence-electron chi connectivity index (χ0n) is 9.74. The molecule has 1 spiro atoms. The summed E-state index contributed by atoms with van der Waals surface area (Å²) in [6.45, 7) is 5.07. The van der Waals surface area contributed by atoms with E-state index in [4.69, 9.17) is 14.2 Å². The second-order valence-corrected chi connectivity index (χ2v) is 4.15. The molecule has 5 nitrogen and oxygen atoms in total. The number of hydrogen-bond acceptors (Lipinski definition) is 4. The highest BCUT2D eigenvalue weighted by molar-refractivity contribution is 5.67. The number of rotatable bonds is 1. The molecule has 2 aliphatic heterocycles. The molecule has 0 saturated carbocycles. The van der Waals surface area contributed by atoms with Crippen molar-refractivity contribution in [1.29, 1.82) is 0 Å². The van der Waals surface area contributed by atoms with Gasteiger partial charge in [-0.3, -0.25) is 0 Å². The Hall–Kier alpha value is -0.810. The molecule has 0 aliphatic carbocycles. The van der Waals surface area contributed by atoms with Crippen molar-refractivity contribution in [2.24, 2.45) is 0 Å². The predicted octanol–water partition coefficient (Wildman–Crippen LogP) is 1.37. The zero-order valence-corrected chi connectivity index (χ0v) is 9.74. The van der Waals surface area contributed by atoms with Crippen LogP contribution in [-0.4, -0.2) is 49.7 Å². The van der Waals surface area contributed by atoms with Crippen LogP contribution in [0, 0.1) is 0 Å². The Bertz CT molecular complexity index is 240. The van der Waals surface area contributed by atoms with Crippen LogP contribution in [0.2, 0.25) is 0 Å². The van der Waals surface area contributed by atoms with Crippen LogP contribution in [0.3, 0.4) is 0 Å². The van der Waals surface area contributed by atoms with Gasteiger partial charge in [0.25, 0.3) is 0 Å². The van der Waals surface area contributed by atoms with Crippen molar-refractivity contribution in [3.05, 3.63) is 0 Å². The van der Waals surface area contributed by atoms with Crippen molar-refractivity contribution in [1.82, 2.24) is 4.90 Å². The summed E-state index contributed by atoms with van der Waals surface area (Å²) in [4.78, 5) is 13.2. The molecule has 0 N–H and O–H groups in total. The monoisotopic (exact) mass is 229 g/mol. The highest BCUT2D eigenvalue weighted by atomic mass is 16.7. The van der Waals surface area contributed by atoms with E-state index >= 15 is 0 Å². The topological polar surface area (TPSA) is 48.0 Å². The maximum absolute atomic E-state index is 11.5. The highest BCUT2D eigenvalue weighted by Crippen LogP contribution is 2.30. The number of likely N-dealkylation sites (tertiary alicyclic amines) is 1. The van der Waals surface area contributed by atoms with Crippen molar-refractivity contribution in [3.63, 3.8) is 0 Å². The normalized spacial score (nSPS) is 24.4. The molecule has 2 rings (SSSR count). The second kappa shape index (κ2) is 5.01. The van der Waals surface area contributed by atoms with E-state index in [1.807, 2.05) is 6.92 Å². The predicted molar refractivity (Wildman–Crippen MR) is 57.1 cm³/mol. The van der Waals surface area contributed by atoms with E-state index in [1.165, 1.54) is 0 Å². The van der Waals surface area contributed by atoms with Crippen LogP contribution in [0.1, 0.15) is 26.2 Å². The Morgan fingerprint density at radius 2 is 1.94 bits per heavy atom. The first-order valence-corrected chi connectivity index (χ1v) is 5.95. The van der Waals surface area contributed by atoms with Gasteiger partial charge in [-0.1, -0.05) is 0 Å².